The Morgan fingerprint density at radius 3 is 2.61 bits per heavy atom. The van der Waals surface area contributed by atoms with Crippen LogP contribution < -0.4 is 10.1 Å². The smallest absolute Gasteiger partial charge is 0.431 e. The summed E-state index contributed by atoms with van der Waals surface area (Å²) < 4.78 is 46.8. The molecule has 1 heterocycles. The highest BCUT2D eigenvalue weighted by atomic mass is 19.4. The van der Waals surface area contributed by atoms with Crippen molar-refractivity contribution in [3.63, 3.8) is 0 Å². The Bertz CT molecular complexity index is 725. The lowest BCUT2D eigenvalue weighted by Gasteiger charge is -2.08. The van der Waals surface area contributed by atoms with Crippen molar-refractivity contribution >= 4 is 17.9 Å². The summed E-state index contributed by atoms with van der Waals surface area (Å²) in [5.74, 6) is -1.39. The van der Waals surface area contributed by atoms with E-state index in [-0.39, 0.29) is 17.7 Å². The fraction of sp³-hybridized carbons (Fsp3) is 0.214. The number of carbonyl (C=O) groups excluding carboxylic acids is 2. The number of hydrogen-bond donors (Lipinski definition) is 1. The second kappa shape index (κ2) is 6.51. The van der Waals surface area contributed by atoms with Crippen LogP contribution in [0.2, 0.25) is 0 Å². The summed E-state index contributed by atoms with van der Waals surface area (Å²) in [6, 6.07) is 5.18. The third-order valence-electron chi connectivity index (χ3n) is 2.66. The molecule has 0 spiro atoms. The molecular formula is C14H11F3N2O4. The van der Waals surface area contributed by atoms with E-state index in [1.54, 1.807) is 13.0 Å². The van der Waals surface area contributed by atoms with Crippen LogP contribution in [-0.2, 0) is 11.0 Å². The summed E-state index contributed by atoms with van der Waals surface area (Å²) in [6.07, 6.45) is -4.19. The third-order valence-corrected chi connectivity index (χ3v) is 2.66. The predicted molar refractivity (Wildman–Crippen MR) is 71.8 cm³/mol. The number of aromatic nitrogens is 1. The van der Waals surface area contributed by atoms with Crippen molar-refractivity contribution in [1.29, 1.82) is 0 Å². The van der Waals surface area contributed by atoms with Crippen LogP contribution in [0.25, 0.3) is 0 Å². The normalized spacial score (nSPS) is 11.1. The highest BCUT2D eigenvalue weighted by molar-refractivity contribution is 6.05. The molecule has 0 saturated heterocycles. The minimum absolute atomic E-state index is 0.0144. The lowest BCUT2D eigenvalue weighted by Crippen LogP contribution is -2.16. The van der Waals surface area contributed by atoms with Crippen LogP contribution in [0.4, 0.5) is 19.2 Å². The summed E-state index contributed by atoms with van der Waals surface area (Å²) in [5, 5.41) is 2.07. The Morgan fingerprint density at radius 2 is 2.00 bits per heavy atom. The average Bonchev–Trinajstić information content (AvgIpc) is 2.96. The van der Waals surface area contributed by atoms with Gasteiger partial charge in [0.25, 0.3) is 5.91 Å². The van der Waals surface area contributed by atoms with Gasteiger partial charge in [-0.2, -0.15) is 18.2 Å². The van der Waals surface area contributed by atoms with E-state index >= 15 is 0 Å². The molecule has 0 aliphatic heterocycles. The van der Waals surface area contributed by atoms with Crippen LogP contribution >= 0.6 is 0 Å². The van der Waals surface area contributed by atoms with E-state index in [1.165, 1.54) is 18.2 Å². The number of hydrogen-bond acceptors (Lipinski definition) is 5. The highest BCUT2D eigenvalue weighted by Crippen LogP contribution is 2.29. The molecule has 0 unspecified atom stereocenters. The number of anilines is 1. The van der Waals surface area contributed by atoms with Crippen LogP contribution in [-0.4, -0.2) is 16.9 Å². The third kappa shape index (κ3) is 4.09. The van der Waals surface area contributed by atoms with Crippen molar-refractivity contribution in [2.45, 2.75) is 19.5 Å². The van der Waals surface area contributed by atoms with Gasteiger partial charge in [0.2, 0.25) is 0 Å². The molecule has 2 rings (SSSR count). The maximum absolute atomic E-state index is 12.4. The van der Waals surface area contributed by atoms with Gasteiger partial charge in [-0.05, 0) is 12.1 Å². The van der Waals surface area contributed by atoms with E-state index in [4.69, 9.17) is 4.74 Å². The molecule has 0 saturated carbocycles. The van der Waals surface area contributed by atoms with Gasteiger partial charge in [0, 0.05) is 6.42 Å². The van der Waals surface area contributed by atoms with Crippen LogP contribution in [0.5, 0.6) is 5.75 Å². The molecule has 2 aromatic rings. The molecule has 6 nitrogen and oxygen atoms in total. The highest BCUT2D eigenvalue weighted by Gasteiger charge is 2.35. The maximum Gasteiger partial charge on any atom is 0.436 e. The Balaban J connectivity index is 2.18. The first kappa shape index (κ1) is 16.5. The van der Waals surface area contributed by atoms with Gasteiger partial charge in [-0.15, -0.1) is 0 Å². The molecule has 0 radical (unpaired) electrons. The Hall–Kier alpha value is -2.84. The molecule has 1 aromatic carbocycles. The zero-order chi connectivity index (χ0) is 17.0. The Kier molecular flexibility index (Phi) is 4.68. The monoisotopic (exact) mass is 328 g/mol. The minimum Gasteiger partial charge on any atom is -0.431 e. The molecule has 9 heteroatoms. The second-order valence-corrected chi connectivity index (χ2v) is 4.31. The van der Waals surface area contributed by atoms with Gasteiger partial charge in [0.15, 0.2) is 5.69 Å². The van der Waals surface area contributed by atoms with Crippen LogP contribution in [0, 0.1) is 0 Å². The number of oxazole rings is 1. The van der Waals surface area contributed by atoms with E-state index in [1.807, 2.05) is 0 Å². The number of carbonyl (C=O) groups is 2. The van der Waals surface area contributed by atoms with Crippen molar-refractivity contribution in [2.75, 3.05) is 5.32 Å². The Labute approximate surface area is 128 Å². The van der Waals surface area contributed by atoms with E-state index in [2.05, 4.69) is 14.7 Å². The lowest BCUT2D eigenvalue weighted by atomic mass is 10.2. The number of amides is 1. The van der Waals surface area contributed by atoms with Crippen LogP contribution in [0.15, 0.2) is 34.9 Å². The largest absolute Gasteiger partial charge is 0.436 e. The minimum atomic E-state index is -4.68. The fourth-order valence-electron chi connectivity index (χ4n) is 1.56. The molecule has 0 atom stereocenters. The van der Waals surface area contributed by atoms with Crippen molar-refractivity contribution in [2.24, 2.45) is 0 Å². The molecule has 0 aliphatic carbocycles. The van der Waals surface area contributed by atoms with Gasteiger partial charge < -0.3 is 9.15 Å². The lowest BCUT2D eigenvalue weighted by molar-refractivity contribution is -0.141. The van der Waals surface area contributed by atoms with E-state index < -0.39 is 29.8 Å². The molecule has 1 aromatic heterocycles. The Morgan fingerprint density at radius 1 is 1.30 bits per heavy atom. The number of alkyl halides is 3. The summed E-state index contributed by atoms with van der Waals surface area (Å²) in [5.41, 5.74) is -1.31. The molecule has 1 N–H and O–H groups in total. The molecule has 122 valence electrons. The topological polar surface area (TPSA) is 81.4 Å². The standard InChI is InChI=1S/C14H11F3N2O4/c1-2-11(20)23-9-6-4-3-5-8(9)12(21)19-13-18-10(7-22-13)14(15,16)17/h3-7H,2H2,1H3,(H,18,19,21). The number of nitrogens with one attached hydrogen (secondary N) is 1. The van der Waals surface area contributed by atoms with Crippen molar-refractivity contribution in [3.05, 3.63) is 41.8 Å². The summed E-state index contributed by atoms with van der Waals surface area (Å²) in [6.45, 7) is 1.58. The summed E-state index contributed by atoms with van der Waals surface area (Å²) in [4.78, 5) is 26.5. The first-order valence-corrected chi connectivity index (χ1v) is 6.45. The maximum atomic E-state index is 12.4. The molecule has 23 heavy (non-hydrogen) atoms. The van der Waals surface area contributed by atoms with Crippen molar-refractivity contribution < 1.29 is 31.9 Å². The van der Waals surface area contributed by atoms with Gasteiger partial charge in [0.1, 0.15) is 12.0 Å². The fourth-order valence-corrected chi connectivity index (χ4v) is 1.56. The quantitative estimate of drug-likeness (QED) is 0.688. The number of rotatable bonds is 4. The first-order chi connectivity index (χ1) is 10.8. The van der Waals surface area contributed by atoms with Gasteiger partial charge in [-0.3, -0.25) is 14.9 Å². The van der Waals surface area contributed by atoms with E-state index in [9.17, 15) is 22.8 Å². The van der Waals surface area contributed by atoms with Gasteiger partial charge >= 0.3 is 18.2 Å². The number of nitrogens with zero attached hydrogens (tertiary/aromatic N) is 1. The van der Waals surface area contributed by atoms with Crippen LogP contribution in [0.1, 0.15) is 29.4 Å². The van der Waals surface area contributed by atoms with E-state index in [0.717, 1.165) is 0 Å². The first-order valence-electron chi connectivity index (χ1n) is 6.45. The van der Waals surface area contributed by atoms with E-state index in [0.29, 0.717) is 6.26 Å². The zero-order valence-electron chi connectivity index (χ0n) is 11.8. The predicted octanol–water partition coefficient (Wildman–Crippen LogP) is 3.26. The van der Waals surface area contributed by atoms with Gasteiger partial charge in [0.05, 0.1) is 5.56 Å². The van der Waals surface area contributed by atoms with Crippen molar-refractivity contribution in [3.8, 4) is 5.75 Å². The summed E-state index contributed by atoms with van der Waals surface area (Å²) in [7, 11) is 0. The number of ether oxygens (including phenoxy) is 1. The number of para-hydroxylation sites is 1. The second-order valence-electron chi connectivity index (χ2n) is 4.31. The molecule has 0 aliphatic rings. The zero-order valence-corrected chi connectivity index (χ0v) is 11.8. The number of esters is 1. The van der Waals surface area contributed by atoms with Gasteiger partial charge in [-0.1, -0.05) is 19.1 Å². The SMILES string of the molecule is CCC(=O)Oc1ccccc1C(=O)Nc1nc(C(F)(F)F)co1. The molecule has 0 bridgehead atoms. The summed E-state index contributed by atoms with van der Waals surface area (Å²) >= 11 is 0. The number of halogens is 3. The van der Waals surface area contributed by atoms with Crippen molar-refractivity contribution in [1.82, 2.24) is 4.98 Å². The molecule has 0 fully saturated rings. The molecular weight excluding hydrogens is 317 g/mol. The molecule has 1 amide bonds. The average molecular weight is 328 g/mol. The van der Waals surface area contributed by atoms with Gasteiger partial charge in [-0.25, -0.2) is 0 Å². The number of benzene rings is 1. The van der Waals surface area contributed by atoms with Crippen LogP contribution in [0.3, 0.4) is 0 Å².